The van der Waals surface area contributed by atoms with E-state index in [4.69, 9.17) is 14.2 Å². The molecule has 2 aromatic rings. The Hall–Kier alpha value is -4.07. The number of hydrogen-bond donors (Lipinski definition) is 1. The second-order valence-electron chi connectivity index (χ2n) is 7.21. The van der Waals surface area contributed by atoms with Crippen molar-refractivity contribution in [1.29, 1.82) is 0 Å². The van der Waals surface area contributed by atoms with Crippen molar-refractivity contribution in [3.63, 3.8) is 0 Å². The molecule has 0 bridgehead atoms. The molecule has 33 heavy (non-hydrogen) atoms. The second kappa shape index (κ2) is 11.0. The number of methoxy groups -OCH3 is 1. The van der Waals surface area contributed by atoms with Gasteiger partial charge in [0.25, 0.3) is 11.8 Å². The first-order valence-electron chi connectivity index (χ1n) is 10.5. The van der Waals surface area contributed by atoms with Gasteiger partial charge in [0, 0.05) is 0 Å². The van der Waals surface area contributed by atoms with Crippen molar-refractivity contribution >= 4 is 23.9 Å². The fourth-order valence-electron chi connectivity index (χ4n) is 3.14. The van der Waals surface area contributed by atoms with Gasteiger partial charge in [-0.25, -0.2) is 4.79 Å². The van der Waals surface area contributed by atoms with E-state index in [2.05, 4.69) is 11.9 Å². The van der Waals surface area contributed by atoms with Crippen LogP contribution in [0.15, 0.2) is 60.7 Å². The van der Waals surface area contributed by atoms with Crippen LogP contribution in [-0.2, 0) is 16.1 Å². The maximum Gasteiger partial charge on any atom is 0.331 e. The Morgan fingerprint density at radius 1 is 1.03 bits per heavy atom. The molecule has 8 nitrogen and oxygen atoms in total. The molecule has 1 heterocycles. The maximum absolute atomic E-state index is 13.0. The Labute approximate surface area is 192 Å². The fraction of sp³-hybridized carbons (Fsp3) is 0.240. The number of ether oxygens (including phenoxy) is 3. The van der Waals surface area contributed by atoms with Gasteiger partial charge in [-0.15, -0.1) is 0 Å². The molecule has 172 valence electrons. The van der Waals surface area contributed by atoms with Crippen LogP contribution in [0.5, 0.6) is 17.2 Å². The van der Waals surface area contributed by atoms with Crippen LogP contribution in [0.4, 0.5) is 4.79 Å². The Morgan fingerprint density at radius 2 is 1.79 bits per heavy atom. The molecule has 1 fully saturated rings. The van der Waals surface area contributed by atoms with Crippen molar-refractivity contribution in [3.8, 4) is 17.2 Å². The van der Waals surface area contributed by atoms with Crippen LogP contribution in [-0.4, -0.2) is 43.1 Å². The lowest BCUT2D eigenvalue weighted by Crippen LogP contribution is -2.53. The molecular weight excluding hydrogens is 424 g/mol. The minimum Gasteiger partial charge on any atom is -0.493 e. The number of benzene rings is 2. The van der Waals surface area contributed by atoms with Gasteiger partial charge in [-0.1, -0.05) is 37.8 Å². The summed E-state index contributed by atoms with van der Waals surface area (Å²) in [7, 11) is 1.52. The third-order valence-electron chi connectivity index (χ3n) is 4.78. The molecule has 0 unspecified atom stereocenters. The second-order valence-corrected chi connectivity index (χ2v) is 7.21. The number of barbiturate groups is 1. The third-order valence-corrected chi connectivity index (χ3v) is 4.78. The fourth-order valence-corrected chi connectivity index (χ4v) is 3.14. The van der Waals surface area contributed by atoms with E-state index in [-0.39, 0.29) is 12.1 Å². The Bertz CT molecular complexity index is 1070. The van der Waals surface area contributed by atoms with E-state index in [1.54, 1.807) is 48.5 Å². The number of hydrogen-bond acceptors (Lipinski definition) is 6. The molecule has 0 saturated carbocycles. The van der Waals surface area contributed by atoms with Crippen molar-refractivity contribution < 1.29 is 28.6 Å². The summed E-state index contributed by atoms with van der Waals surface area (Å²) < 4.78 is 16.4. The van der Waals surface area contributed by atoms with Crippen LogP contribution in [0.25, 0.3) is 6.08 Å². The van der Waals surface area contributed by atoms with Crippen LogP contribution in [0.2, 0.25) is 0 Å². The van der Waals surface area contributed by atoms with Gasteiger partial charge in [-0.3, -0.25) is 19.8 Å². The highest BCUT2D eigenvalue weighted by atomic mass is 16.5. The third kappa shape index (κ3) is 5.79. The lowest BCUT2D eigenvalue weighted by molar-refractivity contribution is -0.130. The summed E-state index contributed by atoms with van der Waals surface area (Å²) in [5.74, 6) is 0.286. The number of rotatable bonds is 10. The van der Waals surface area contributed by atoms with E-state index >= 15 is 0 Å². The van der Waals surface area contributed by atoms with Gasteiger partial charge in [-0.2, -0.15) is 0 Å². The van der Waals surface area contributed by atoms with Gasteiger partial charge >= 0.3 is 6.03 Å². The Kier molecular flexibility index (Phi) is 7.86. The molecule has 1 aliphatic rings. The van der Waals surface area contributed by atoms with Crippen LogP contribution >= 0.6 is 0 Å². The molecule has 8 heteroatoms. The number of carbonyl (C=O) groups is 3. The van der Waals surface area contributed by atoms with Gasteiger partial charge in [-0.05, 0) is 47.9 Å². The zero-order chi connectivity index (χ0) is 23.8. The van der Waals surface area contributed by atoms with Gasteiger partial charge in [0.2, 0.25) is 0 Å². The average Bonchev–Trinajstić information content (AvgIpc) is 2.82. The number of nitrogens with one attached hydrogen (secondary N) is 1. The summed E-state index contributed by atoms with van der Waals surface area (Å²) in [6.07, 6.45) is 3.92. The standard InChI is InChI=1S/C25H26N2O6/c1-4-12-32-19-9-6-17(7-10-19)14-20-23(28)26-25(30)27(24(20)29)16-18-8-11-21(33-13-5-2)22(15-18)31-3/h4,6-11,14-15H,1,5,12-13,16H2,2-3H3,(H,26,28,30)/b20-14+. The predicted molar refractivity (Wildman–Crippen MR) is 123 cm³/mol. The van der Waals surface area contributed by atoms with Crippen molar-refractivity contribution in [2.45, 2.75) is 19.9 Å². The summed E-state index contributed by atoms with van der Waals surface area (Å²) in [6, 6.07) is 11.3. The number of imide groups is 2. The summed E-state index contributed by atoms with van der Waals surface area (Å²) >= 11 is 0. The van der Waals surface area contributed by atoms with Gasteiger partial charge in [0.05, 0.1) is 20.3 Å². The van der Waals surface area contributed by atoms with Crippen molar-refractivity contribution in [2.75, 3.05) is 20.3 Å². The Morgan fingerprint density at radius 3 is 2.45 bits per heavy atom. The summed E-state index contributed by atoms with van der Waals surface area (Å²) in [5.41, 5.74) is 1.13. The van der Waals surface area contributed by atoms with Crippen molar-refractivity contribution in [2.24, 2.45) is 0 Å². The van der Waals surface area contributed by atoms with Crippen LogP contribution in [0, 0.1) is 0 Å². The molecule has 1 saturated heterocycles. The first-order valence-corrected chi connectivity index (χ1v) is 10.5. The van der Waals surface area contributed by atoms with E-state index in [1.165, 1.54) is 13.2 Å². The smallest absolute Gasteiger partial charge is 0.331 e. The van der Waals surface area contributed by atoms with E-state index in [0.717, 1.165) is 11.3 Å². The minimum absolute atomic E-state index is 0.0337. The molecule has 0 aromatic heterocycles. The zero-order valence-electron chi connectivity index (χ0n) is 18.6. The molecule has 4 amide bonds. The van der Waals surface area contributed by atoms with Crippen molar-refractivity contribution in [3.05, 3.63) is 71.8 Å². The van der Waals surface area contributed by atoms with Crippen LogP contribution < -0.4 is 19.5 Å². The summed E-state index contributed by atoms with van der Waals surface area (Å²) in [4.78, 5) is 38.7. The van der Waals surface area contributed by atoms with E-state index in [9.17, 15) is 14.4 Å². The molecule has 2 aromatic carbocycles. The lowest BCUT2D eigenvalue weighted by atomic mass is 10.1. The van der Waals surface area contributed by atoms with Gasteiger partial charge in [0.15, 0.2) is 11.5 Å². The lowest BCUT2D eigenvalue weighted by Gasteiger charge is -2.26. The molecular formula is C25H26N2O6. The summed E-state index contributed by atoms with van der Waals surface area (Å²) in [6.45, 7) is 6.47. The number of carbonyl (C=O) groups excluding carboxylic acids is 3. The number of urea groups is 1. The van der Waals surface area contributed by atoms with E-state index < -0.39 is 17.8 Å². The van der Waals surface area contributed by atoms with E-state index in [1.807, 2.05) is 6.92 Å². The zero-order valence-corrected chi connectivity index (χ0v) is 18.6. The topological polar surface area (TPSA) is 94.2 Å². The Balaban J connectivity index is 1.80. The monoisotopic (exact) mass is 450 g/mol. The first kappa shape index (κ1) is 23.6. The highest BCUT2D eigenvalue weighted by molar-refractivity contribution is 6.30. The SMILES string of the molecule is C=CCOc1ccc(/C=C2\C(=O)NC(=O)N(Cc3ccc(OCCC)c(OC)c3)C2=O)cc1. The first-order chi connectivity index (χ1) is 16.0. The number of amides is 4. The summed E-state index contributed by atoms with van der Waals surface area (Å²) in [5, 5.41) is 2.22. The predicted octanol–water partition coefficient (Wildman–Crippen LogP) is 3.71. The van der Waals surface area contributed by atoms with Crippen LogP contribution in [0.1, 0.15) is 24.5 Å². The maximum atomic E-state index is 13.0. The molecule has 3 rings (SSSR count). The molecule has 0 radical (unpaired) electrons. The minimum atomic E-state index is -0.777. The highest BCUT2D eigenvalue weighted by Crippen LogP contribution is 2.29. The highest BCUT2D eigenvalue weighted by Gasteiger charge is 2.35. The quantitative estimate of drug-likeness (QED) is 0.337. The molecule has 1 aliphatic heterocycles. The average molecular weight is 450 g/mol. The van der Waals surface area contributed by atoms with Gasteiger partial charge in [0.1, 0.15) is 17.9 Å². The molecule has 0 aliphatic carbocycles. The molecule has 1 N–H and O–H groups in total. The molecule has 0 atom stereocenters. The van der Waals surface area contributed by atoms with Crippen molar-refractivity contribution in [1.82, 2.24) is 10.2 Å². The van der Waals surface area contributed by atoms with Gasteiger partial charge < -0.3 is 14.2 Å². The normalized spacial score (nSPS) is 14.8. The number of nitrogens with zero attached hydrogens (tertiary/aromatic N) is 1. The van der Waals surface area contributed by atoms with Crippen LogP contribution in [0.3, 0.4) is 0 Å². The molecule has 0 spiro atoms. The largest absolute Gasteiger partial charge is 0.493 e. The van der Waals surface area contributed by atoms with E-state index in [0.29, 0.717) is 41.6 Å².